The van der Waals surface area contributed by atoms with E-state index in [1.807, 2.05) is 26.8 Å². The predicted octanol–water partition coefficient (Wildman–Crippen LogP) is 3.07. The number of benzene rings is 1. The number of nitrogens with zero attached hydrogens (tertiary/aromatic N) is 2. The van der Waals surface area contributed by atoms with Crippen molar-refractivity contribution in [2.75, 3.05) is 32.7 Å². The first-order valence-corrected chi connectivity index (χ1v) is 9.76. The molecule has 1 N–H and O–H groups in total. The van der Waals surface area contributed by atoms with Crippen molar-refractivity contribution in [3.05, 3.63) is 34.5 Å². The molecule has 1 atom stereocenters. The molecule has 146 valence electrons. The summed E-state index contributed by atoms with van der Waals surface area (Å²) in [5.41, 5.74) is 1.48. The van der Waals surface area contributed by atoms with E-state index >= 15 is 0 Å². The van der Waals surface area contributed by atoms with Gasteiger partial charge in [-0.1, -0.05) is 18.5 Å². The molecular formula is C20H26ClN3O3. The molecule has 6 nitrogen and oxygen atoms in total. The highest BCUT2D eigenvalue weighted by molar-refractivity contribution is 6.31. The number of carbonyl (C=O) groups is 2. The maximum atomic E-state index is 12.9. The van der Waals surface area contributed by atoms with Crippen LogP contribution in [0.1, 0.15) is 36.4 Å². The molecule has 0 aliphatic carbocycles. The third-order valence-corrected chi connectivity index (χ3v) is 5.37. The van der Waals surface area contributed by atoms with Crippen LogP contribution in [0.3, 0.4) is 0 Å². The molecule has 1 fully saturated rings. The van der Waals surface area contributed by atoms with E-state index in [1.165, 1.54) is 0 Å². The summed E-state index contributed by atoms with van der Waals surface area (Å²) in [6.07, 6.45) is 0.913. The summed E-state index contributed by atoms with van der Waals surface area (Å²) in [6, 6.07) is 5.55. The van der Waals surface area contributed by atoms with Gasteiger partial charge in [-0.05, 0) is 38.5 Å². The quantitative estimate of drug-likeness (QED) is 0.850. The lowest BCUT2D eigenvalue weighted by Crippen LogP contribution is -2.51. The zero-order valence-electron chi connectivity index (χ0n) is 16.0. The number of amides is 2. The van der Waals surface area contributed by atoms with E-state index in [1.54, 1.807) is 17.0 Å². The number of fused-ring (bicyclic) bond motifs is 1. The molecule has 1 aliphatic heterocycles. The third-order valence-electron chi connectivity index (χ3n) is 5.14. The van der Waals surface area contributed by atoms with Crippen molar-refractivity contribution in [1.29, 1.82) is 0 Å². The van der Waals surface area contributed by atoms with Crippen LogP contribution in [0.25, 0.3) is 11.0 Å². The van der Waals surface area contributed by atoms with Crippen molar-refractivity contribution < 1.29 is 14.0 Å². The van der Waals surface area contributed by atoms with Crippen LogP contribution in [-0.2, 0) is 4.79 Å². The third kappa shape index (κ3) is 4.45. The molecule has 7 heteroatoms. The van der Waals surface area contributed by atoms with E-state index in [0.29, 0.717) is 49.1 Å². The van der Waals surface area contributed by atoms with Crippen molar-refractivity contribution in [3.63, 3.8) is 0 Å². The SMILES string of the molecule is CCC(C)NC(=O)CN1CCN(C(=O)c2oc3ccc(Cl)cc3c2C)CC1. The van der Waals surface area contributed by atoms with Gasteiger partial charge in [-0.15, -0.1) is 0 Å². The summed E-state index contributed by atoms with van der Waals surface area (Å²) in [5, 5.41) is 4.46. The minimum Gasteiger partial charge on any atom is -0.451 e. The van der Waals surface area contributed by atoms with Gasteiger partial charge in [0.05, 0.1) is 6.54 Å². The molecule has 0 spiro atoms. The zero-order chi connectivity index (χ0) is 19.6. The second-order valence-corrected chi connectivity index (χ2v) is 7.58. The lowest BCUT2D eigenvalue weighted by atomic mass is 10.1. The largest absolute Gasteiger partial charge is 0.451 e. The second-order valence-electron chi connectivity index (χ2n) is 7.14. The van der Waals surface area contributed by atoms with E-state index in [9.17, 15) is 9.59 Å². The van der Waals surface area contributed by atoms with Crippen molar-refractivity contribution in [3.8, 4) is 0 Å². The van der Waals surface area contributed by atoms with Gasteiger partial charge in [0.2, 0.25) is 5.91 Å². The highest BCUT2D eigenvalue weighted by Crippen LogP contribution is 2.28. The number of rotatable bonds is 5. The topological polar surface area (TPSA) is 65.8 Å². The Morgan fingerprint density at radius 3 is 2.63 bits per heavy atom. The van der Waals surface area contributed by atoms with Gasteiger partial charge < -0.3 is 14.6 Å². The zero-order valence-corrected chi connectivity index (χ0v) is 16.8. The van der Waals surface area contributed by atoms with Gasteiger partial charge in [-0.3, -0.25) is 14.5 Å². The number of aryl methyl sites for hydroxylation is 1. The molecule has 1 unspecified atom stereocenters. The van der Waals surface area contributed by atoms with Gasteiger partial charge in [-0.25, -0.2) is 0 Å². The minimum atomic E-state index is -0.108. The van der Waals surface area contributed by atoms with Crippen LogP contribution in [-0.4, -0.2) is 60.4 Å². The summed E-state index contributed by atoms with van der Waals surface area (Å²) >= 11 is 6.05. The average molecular weight is 392 g/mol. The Balaban J connectivity index is 1.60. The number of hydrogen-bond acceptors (Lipinski definition) is 4. The van der Waals surface area contributed by atoms with Crippen molar-refractivity contribution in [1.82, 2.24) is 15.1 Å². The number of carbonyl (C=O) groups excluding carboxylic acids is 2. The summed E-state index contributed by atoms with van der Waals surface area (Å²) in [7, 11) is 0. The summed E-state index contributed by atoms with van der Waals surface area (Å²) < 4.78 is 5.79. The molecule has 1 aromatic carbocycles. The Morgan fingerprint density at radius 1 is 1.26 bits per heavy atom. The van der Waals surface area contributed by atoms with E-state index < -0.39 is 0 Å². The number of hydrogen-bond donors (Lipinski definition) is 1. The standard InChI is InChI=1S/C20H26ClN3O3/c1-4-13(2)22-18(25)12-23-7-9-24(10-8-23)20(26)19-14(3)16-11-15(21)5-6-17(16)27-19/h5-6,11,13H,4,7-10,12H2,1-3H3,(H,22,25). The molecule has 2 aromatic rings. The molecule has 1 aromatic heterocycles. The maximum Gasteiger partial charge on any atom is 0.289 e. The van der Waals surface area contributed by atoms with Gasteiger partial charge in [0.15, 0.2) is 5.76 Å². The van der Waals surface area contributed by atoms with Gasteiger partial charge in [0.25, 0.3) is 5.91 Å². The van der Waals surface area contributed by atoms with Crippen LogP contribution in [0, 0.1) is 6.92 Å². The molecule has 3 rings (SSSR count). The monoisotopic (exact) mass is 391 g/mol. The molecule has 0 bridgehead atoms. The molecule has 2 heterocycles. The Kier molecular flexibility index (Phi) is 6.07. The Bertz CT molecular complexity index is 840. The molecule has 0 radical (unpaired) electrons. The lowest BCUT2D eigenvalue weighted by Gasteiger charge is -2.34. The van der Waals surface area contributed by atoms with Gasteiger partial charge in [0, 0.05) is 48.2 Å². The molecular weight excluding hydrogens is 366 g/mol. The molecule has 0 saturated carbocycles. The van der Waals surface area contributed by atoms with Crippen LogP contribution in [0.15, 0.2) is 22.6 Å². The number of halogens is 1. The van der Waals surface area contributed by atoms with Gasteiger partial charge in [0.1, 0.15) is 5.58 Å². The van der Waals surface area contributed by atoms with Crippen LogP contribution in [0.5, 0.6) is 0 Å². The fourth-order valence-corrected chi connectivity index (χ4v) is 3.45. The van der Waals surface area contributed by atoms with Crippen molar-refractivity contribution in [2.45, 2.75) is 33.2 Å². The summed E-state index contributed by atoms with van der Waals surface area (Å²) in [4.78, 5) is 28.8. The van der Waals surface area contributed by atoms with E-state index in [2.05, 4.69) is 10.2 Å². The number of piperazine rings is 1. The van der Waals surface area contributed by atoms with Crippen LogP contribution in [0.2, 0.25) is 5.02 Å². The normalized spacial score (nSPS) is 16.5. The molecule has 1 saturated heterocycles. The Morgan fingerprint density at radius 2 is 1.96 bits per heavy atom. The lowest BCUT2D eigenvalue weighted by molar-refractivity contribution is -0.123. The fourth-order valence-electron chi connectivity index (χ4n) is 3.28. The summed E-state index contributed by atoms with van der Waals surface area (Å²) in [6.45, 7) is 8.79. The van der Waals surface area contributed by atoms with Crippen molar-refractivity contribution >= 4 is 34.4 Å². The van der Waals surface area contributed by atoms with Crippen LogP contribution < -0.4 is 5.32 Å². The first-order valence-electron chi connectivity index (χ1n) is 9.38. The fraction of sp³-hybridized carbons (Fsp3) is 0.500. The first-order chi connectivity index (χ1) is 12.9. The van der Waals surface area contributed by atoms with Crippen LogP contribution >= 0.6 is 11.6 Å². The molecule has 1 aliphatic rings. The smallest absolute Gasteiger partial charge is 0.289 e. The van der Waals surface area contributed by atoms with Crippen molar-refractivity contribution in [2.24, 2.45) is 0 Å². The highest BCUT2D eigenvalue weighted by atomic mass is 35.5. The minimum absolute atomic E-state index is 0.0362. The first kappa shape index (κ1) is 19.7. The van der Waals surface area contributed by atoms with E-state index in [4.69, 9.17) is 16.0 Å². The maximum absolute atomic E-state index is 12.9. The van der Waals surface area contributed by atoms with Gasteiger partial charge in [-0.2, -0.15) is 0 Å². The average Bonchev–Trinajstić information content (AvgIpc) is 2.97. The number of nitrogens with one attached hydrogen (secondary N) is 1. The van der Waals surface area contributed by atoms with Gasteiger partial charge >= 0.3 is 0 Å². The molecule has 2 amide bonds. The predicted molar refractivity (Wildman–Crippen MR) is 106 cm³/mol. The Hall–Kier alpha value is -2.05. The van der Waals surface area contributed by atoms with E-state index in [0.717, 1.165) is 17.4 Å². The Labute approximate surface area is 164 Å². The second kappa shape index (κ2) is 8.31. The van der Waals surface area contributed by atoms with Crippen LogP contribution in [0.4, 0.5) is 0 Å². The number of furan rings is 1. The highest BCUT2D eigenvalue weighted by Gasteiger charge is 2.27. The van der Waals surface area contributed by atoms with E-state index in [-0.39, 0.29) is 17.9 Å². The summed E-state index contributed by atoms with van der Waals surface area (Å²) in [5.74, 6) is 0.299. The molecule has 27 heavy (non-hydrogen) atoms.